The Morgan fingerprint density at radius 2 is 2.25 bits per heavy atom. The highest BCUT2D eigenvalue weighted by Crippen LogP contribution is 2.60. The van der Waals surface area contributed by atoms with Crippen molar-refractivity contribution in [2.45, 2.75) is 77.7 Å². The molecule has 0 aromatic heterocycles. The zero-order chi connectivity index (χ0) is 18.0. The van der Waals surface area contributed by atoms with Gasteiger partial charge in [-0.15, -0.1) is 0 Å². The van der Waals surface area contributed by atoms with E-state index in [4.69, 9.17) is 0 Å². The normalized spacial score (nSPS) is 35.3. The SMILES string of the molecule is COC(=O)[C@](C)(O)CCC[C@@H](C)[C@H]1CCC2C(=CBr)CCC[C@@]21C. The van der Waals surface area contributed by atoms with Gasteiger partial charge < -0.3 is 9.84 Å². The second-order valence-electron chi connectivity index (χ2n) is 8.41. The first-order valence-corrected chi connectivity index (χ1v) is 10.3. The summed E-state index contributed by atoms with van der Waals surface area (Å²) in [5, 5.41) is 10.2. The number of carbonyl (C=O) groups excluding carboxylic acids is 1. The maximum Gasteiger partial charge on any atom is 0.337 e. The van der Waals surface area contributed by atoms with E-state index in [0.717, 1.165) is 24.7 Å². The van der Waals surface area contributed by atoms with E-state index in [9.17, 15) is 9.90 Å². The summed E-state index contributed by atoms with van der Waals surface area (Å²) in [5.74, 6) is 1.58. The highest BCUT2D eigenvalue weighted by molar-refractivity contribution is 9.11. The lowest BCUT2D eigenvalue weighted by Gasteiger charge is -2.44. The number of ether oxygens (including phenoxy) is 1. The molecule has 0 radical (unpaired) electrons. The molecule has 1 N–H and O–H groups in total. The molecule has 138 valence electrons. The van der Waals surface area contributed by atoms with Crippen LogP contribution >= 0.6 is 15.9 Å². The van der Waals surface area contributed by atoms with E-state index in [0.29, 0.717) is 17.8 Å². The topological polar surface area (TPSA) is 46.5 Å². The quantitative estimate of drug-likeness (QED) is 0.622. The van der Waals surface area contributed by atoms with Crippen molar-refractivity contribution in [2.24, 2.45) is 23.2 Å². The number of hydrogen-bond donors (Lipinski definition) is 1. The third kappa shape index (κ3) is 3.90. The lowest BCUT2D eigenvalue weighted by Crippen LogP contribution is -2.37. The van der Waals surface area contributed by atoms with Gasteiger partial charge in [0.15, 0.2) is 5.60 Å². The van der Waals surface area contributed by atoms with E-state index in [1.165, 1.54) is 39.2 Å². The van der Waals surface area contributed by atoms with Gasteiger partial charge in [0.2, 0.25) is 0 Å². The monoisotopic (exact) mass is 400 g/mol. The lowest BCUT2D eigenvalue weighted by atomic mass is 9.61. The fourth-order valence-electron chi connectivity index (χ4n) is 5.44. The summed E-state index contributed by atoms with van der Waals surface area (Å²) >= 11 is 3.58. The van der Waals surface area contributed by atoms with Gasteiger partial charge in [0, 0.05) is 0 Å². The molecule has 0 amide bonds. The van der Waals surface area contributed by atoms with Crippen LogP contribution in [0.3, 0.4) is 0 Å². The first-order chi connectivity index (χ1) is 11.3. The van der Waals surface area contributed by atoms with Gasteiger partial charge in [0.05, 0.1) is 7.11 Å². The lowest BCUT2D eigenvalue weighted by molar-refractivity contribution is -0.161. The maximum atomic E-state index is 11.6. The second-order valence-corrected chi connectivity index (χ2v) is 8.87. The van der Waals surface area contributed by atoms with Crippen molar-refractivity contribution in [2.75, 3.05) is 7.11 Å². The minimum Gasteiger partial charge on any atom is -0.467 e. The molecule has 2 aliphatic rings. The average Bonchev–Trinajstić information content (AvgIpc) is 2.90. The standard InChI is InChI=1S/C20H33BrO3/c1-14(7-5-12-20(3,23)18(22)24-4)16-9-10-17-15(13-21)8-6-11-19(16,17)2/h13-14,16-17,23H,5-12H2,1-4H3/t14-,16-,17?,19-,20-/m1/s1. The van der Waals surface area contributed by atoms with Crippen molar-refractivity contribution in [3.8, 4) is 0 Å². The largest absolute Gasteiger partial charge is 0.467 e. The van der Waals surface area contributed by atoms with Gasteiger partial charge in [-0.3, -0.25) is 0 Å². The molecule has 24 heavy (non-hydrogen) atoms. The van der Waals surface area contributed by atoms with E-state index < -0.39 is 11.6 Å². The molecule has 2 saturated carbocycles. The summed E-state index contributed by atoms with van der Waals surface area (Å²) in [7, 11) is 1.33. The molecule has 5 atom stereocenters. The van der Waals surface area contributed by atoms with Crippen LogP contribution in [0, 0.1) is 23.2 Å². The van der Waals surface area contributed by atoms with E-state index in [1.807, 2.05) is 0 Å². The number of allylic oxidation sites excluding steroid dienone is 1. The van der Waals surface area contributed by atoms with Gasteiger partial charge in [-0.05, 0) is 80.0 Å². The third-order valence-corrected chi connectivity index (χ3v) is 7.40. The van der Waals surface area contributed by atoms with Gasteiger partial charge in [0.1, 0.15) is 0 Å². The van der Waals surface area contributed by atoms with Crippen molar-refractivity contribution >= 4 is 21.9 Å². The molecule has 4 heteroatoms. The number of methoxy groups -OCH3 is 1. The Kier molecular flexibility index (Phi) is 6.58. The summed E-state index contributed by atoms with van der Waals surface area (Å²) in [6.45, 7) is 6.41. The zero-order valence-corrected chi connectivity index (χ0v) is 17.2. The van der Waals surface area contributed by atoms with Crippen LogP contribution in [0.5, 0.6) is 0 Å². The number of esters is 1. The summed E-state index contributed by atoms with van der Waals surface area (Å²) in [6, 6.07) is 0. The fourth-order valence-corrected chi connectivity index (χ4v) is 5.98. The number of carbonyl (C=O) groups is 1. The minimum atomic E-state index is -1.35. The van der Waals surface area contributed by atoms with E-state index >= 15 is 0 Å². The van der Waals surface area contributed by atoms with Gasteiger partial charge in [-0.1, -0.05) is 41.8 Å². The van der Waals surface area contributed by atoms with Crippen LogP contribution in [0.15, 0.2) is 10.6 Å². The Balaban J connectivity index is 1.94. The van der Waals surface area contributed by atoms with Crippen molar-refractivity contribution in [1.29, 1.82) is 0 Å². The summed E-state index contributed by atoms with van der Waals surface area (Å²) in [6.07, 6.45) is 8.89. The minimum absolute atomic E-state index is 0.419. The van der Waals surface area contributed by atoms with E-state index in [1.54, 1.807) is 12.5 Å². The Hall–Kier alpha value is -0.350. The molecule has 0 bridgehead atoms. The van der Waals surface area contributed by atoms with Gasteiger partial charge in [-0.2, -0.15) is 0 Å². The van der Waals surface area contributed by atoms with Gasteiger partial charge in [-0.25, -0.2) is 4.79 Å². The molecule has 0 heterocycles. The predicted octanol–water partition coefficient (Wildman–Crippen LogP) is 5.21. The van der Waals surface area contributed by atoms with Crippen LogP contribution in [0.4, 0.5) is 0 Å². The summed E-state index contributed by atoms with van der Waals surface area (Å²) in [5.41, 5.74) is 0.669. The number of hydrogen-bond acceptors (Lipinski definition) is 3. The third-order valence-electron chi connectivity index (χ3n) is 6.81. The number of aliphatic hydroxyl groups is 1. The van der Waals surface area contributed by atoms with Crippen LogP contribution in [0.2, 0.25) is 0 Å². The van der Waals surface area contributed by atoms with Crippen LogP contribution in [-0.2, 0) is 9.53 Å². The van der Waals surface area contributed by atoms with Crippen LogP contribution in [0.1, 0.15) is 72.1 Å². The molecule has 2 aliphatic carbocycles. The molecule has 0 spiro atoms. The van der Waals surface area contributed by atoms with Crippen LogP contribution in [0.25, 0.3) is 0 Å². The first kappa shape index (κ1) is 20.0. The molecule has 0 saturated heterocycles. The summed E-state index contributed by atoms with van der Waals surface area (Å²) in [4.78, 5) is 13.8. The molecule has 2 fully saturated rings. The predicted molar refractivity (Wildman–Crippen MR) is 101 cm³/mol. The molecule has 0 aliphatic heterocycles. The fraction of sp³-hybridized carbons (Fsp3) is 0.850. The Morgan fingerprint density at radius 3 is 2.88 bits per heavy atom. The van der Waals surface area contributed by atoms with Crippen molar-refractivity contribution < 1.29 is 14.6 Å². The number of rotatable bonds is 6. The van der Waals surface area contributed by atoms with E-state index in [-0.39, 0.29) is 0 Å². The molecular weight excluding hydrogens is 368 g/mol. The molecule has 0 aromatic carbocycles. The molecular formula is C20H33BrO3. The highest BCUT2D eigenvalue weighted by atomic mass is 79.9. The van der Waals surface area contributed by atoms with Crippen molar-refractivity contribution in [3.63, 3.8) is 0 Å². The van der Waals surface area contributed by atoms with Crippen LogP contribution in [-0.4, -0.2) is 23.8 Å². The average molecular weight is 401 g/mol. The molecule has 0 aromatic rings. The Morgan fingerprint density at radius 1 is 1.54 bits per heavy atom. The molecule has 2 rings (SSSR count). The first-order valence-electron chi connectivity index (χ1n) is 9.36. The zero-order valence-electron chi connectivity index (χ0n) is 15.6. The van der Waals surface area contributed by atoms with E-state index in [2.05, 4.69) is 39.5 Å². The Labute approximate surface area is 155 Å². The smallest absolute Gasteiger partial charge is 0.337 e. The maximum absolute atomic E-state index is 11.6. The molecule has 1 unspecified atom stereocenters. The van der Waals surface area contributed by atoms with Gasteiger partial charge >= 0.3 is 5.97 Å². The van der Waals surface area contributed by atoms with Crippen LogP contribution < -0.4 is 0 Å². The number of fused-ring (bicyclic) bond motifs is 1. The highest BCUT2D eigenvalue weighted by Gasteiger charge is 2.50. The summed E-state index contributed by atoms with van der Waals surface area (Å²) < 4.78 is 4.68. The number of halogens is 1. The second kappa shape index (κ2) is 7.90. The van der Waals surface area contributed by atoms with Gasteiger partial charge in [0.25, 0.3) is 0 Å². The molecule has 3 nitrogen and oxygen atoms in total. The Bertz CT molecular complexity index is 485. The van der Waals surface area contributed by atoms with Crippen molar-refractivity contribution in [1.82, 2.24) is 0 Å². The van der Waals surface area contributed by atoms with Crippen molar-refractivity contribution in [3.05, 3.63) is 10.6 Å².